The fourth-order valence-corrected chi connectivity index (χ4v) is 8.67. The first-order valence-electron chi connectivity index (χ1n) is 12.6. The van der Waals surface area contributed by atoms with Crippen molar-refractivity contribution >= 4 is 0 Å². The smallest absolute Gasteiger partial charge is 0.0577 e. The van der Waals surface area contributed by atoms with E-state index in [1.807, 2.05) is 0 Å². The lowest BCUT2D eigenvalue weighted by atomic mass is 9.47. The van der Waals surface area contributed by atoms with Crippen molar-refractivity contribution < 1.29 is 5.11 Å². The van der Waals surface area contributed by atoms with Crippen molar-refractivity contribution in [2.45, 2.75) is 111 Å². The van der Waals surface area contributed by atoms with Gasteiger partial charge in [-0.15, -0.1) is 0 Å². The number of fused-ring (bicyclic) bond motifs is 5. The third-order valence-electron chi connectivity index (χ3n) is 10.3. The van der Waals surface area contributed by atoms with Crippen molar-refractivity contribution in [1.82, 2.24) is 0 Å². The van der Waals surface area contributed by atoms with Gasteiger partial charge in [0.2, 0.25) is 0 Å². The van der Waals surface area contributed by atoms with Crippen LogP contribution in [0.25, 0.3) is 0 Å². The lowest BCUT2D eigenvalue weighted by Crippen LogP contribution is -2.50. The number of hydrogen-bond donors (Lipinski definition) is 1. The van der Waals surface area contributed by atoms with E-state index in [4.69, 9.17) is 0 Å². The average Bonchev–Trinajstić information content (AvgIpc) is 2.99. The fourth-order valence-electron chi connectivity index (χ4n) is 8.67. The van der Waals surface area contributed by atoms with Gasteiger partial charge in [0.15, 0.2) is 0 Å². The summed E-state index contributed by atoms with van der Waals surface area (Å²) in [5.41, 5.74) is 2.60. The van der Waals surface area contributed by atoms with E-state index in [0.717, 1.165) is 48.3 Å². The summed E-state index contributed by atoms with van der Waals surface area (Å²) >= 11 is 0. The summed E-state index contributed by atoms with van der Waals surface area (Å²) in [4.78, 5) is 0. The van der Waals surface area contributed by atoms with Gasteiger partial charge in [0, 0.05) is 0 Å². The normalized spacial score (nSPS) is 46.5. The second-order valence-corrected chi connectivity index (χ2v) is 12.2. The predicted molar refractivity (Wildman–Crippen MR) is 119 cm³/mol. The number of aliphatic hydroxyl groups is 1. The van der Waals surface area contributed by atoms with Crippen molar-refractivity contribution in [2.24, 2.45) is 46.3 Å². The number of aliphatic hydroxyl groups excluding tert-OH is 1. The van der Waals surface area contributed by atoms with Crippen LogP contribution in [-0.2, 0) is 0 Å². The highest BCUT2D eigenvalue weighted by atomic mass is 16.3. The summed E-state index contributed by atoms with van der Waals surface area (Å²) < 4.78 is 0. The Bertz CT molecular complexity index is 591. The highest BCUT2D eigenvalue weighted by Gasteiger charge is 2.59. The van der Waals surface area contributed by atoms with E-state index in [9.17, 15) is 5.11 Å². The van der Waals surface area contributed by atoms with E-state index >= 15 is 0 Å². The predicted octanol–water partition coefficient (Wildman–Crippen LogP) is 7.39. The van der Waals surface area contributed by atoms with Crippen LogP contribution in [0.15, 0.2) is 11.6 Å². The third kappa shape index (κ3) is 3.42. The molecule has 0 aromatic heterocycles. The summed E-state index contributed by atoms with van der Waals surface area (Å²) in [6, 6.07) is 0. The van der Waals surface area contributed by atoms with Gasteiger partial charge >= 0.3 is 0 Å². The van der Waals surface area contributed by atoms with Gasteiger partial charge in [-0.2, -0.15) is 0 Å². The Morgan fingerprint density at radius 2 is 1.79 bits per heavy atom. The van der Waals surface area contributed by atoms with E-state index in [0.29, 0.717) is 10.8 Å². The summed E-state index contributed by atoms with van der Waals surface area (Å²) in [5.74, 6) is 5.46. The Balaban J connectivity index is 1.49. The molecule has 0 heterocycles. The molecule has 1 N–H and O–H groups in total. The number of hydrogen-bond acceptors (Lipinski definition) is 1. The molecular formula is C27H46O. The highest BCUT2D eigenvalue weighted by molar-refractivity contribution is 5.25. The molecule has 0 radical (unpaired) electrons. The van der Waals surface area contributed by atoms with E-state index in [2.05, 4.69) is 40.7 Å². The molecule has 1 nitrogen and oxygen atoms in total. The zero-order valence-corrected chi connectivity index (χ0v) is 19.3. The molecule has 0 aromatic rings. The van der Waals surface area contributed by atoms with E-state index in [-0.39, 0.29) is 6.10 Å². The van der Waals surface area contributed by atoms with Crippen LogP contribution in [0.1, 0.15) is 105 Å². The van der Waals surface area contributed by atoms with Crippen molar-refractivity contribution in [1.29, 1.82) is 0 Å². The van der Waals surface area contributed by atoms with Crippen LogP contribution in [0.5, 0.6) is 0 Å². The van der Waals surface area contributed by atoms with Gasteiger partial charge in [0.25, 0.3) is 0 Å². The van der Waals surface area contributed by atoms with Gasteiger partial charge in [-0.05, 0) is 97.7 Å². The van der Waals surface area contributed by atoms with E-state index < -0.39 is 0 Å². The molecule has 4 aliphatic rings. The monoisotopic (exact) mass is 386 g/mol. The van der Waals surface area contributed by atoms with Gasteiger partial charge < -0.3 is 5.11 Å². The molecule has 0 amide bonds. The fraction of sp³-hybridized carbons (Fsp3) is 0.926. The van der Waals surface area contributed by atoms with Gasteiger partial charge in [-0.3, -0.25) is 0 Å². The third-order valence-corrected chi connectivity index (χ3v) is 10.3. The Morgan fingerprint density at radius 3 is 2.54 bits per heavy atom. The summed E-state index contributed by atoms with van der Waals surface area (Å²) in [6.45, 7) is 12.6. The van der Waals surface area contributed by atoms with Crippen LogP contribution in [0.3, 0.4) is 0 Å². The minimum atomic E-state index is -0.0766. The maximum absolute atomic E-state index is 10.2. The van der Waals surface area contributed by atoms with Crippen molar-refractivity contribution in [2.75, 3.05) is 0 Å². The molecule has 0 saturated heterocycles. The van der Waals surface area contributed by atoms with Crippen LogP contribution in [0.2, 0.25) is 0 Å². The molecule has 1 heteroatoms. The second-order valence-electron chi connectivity index (χ2n) is 12.2. The number of allylic oxidation sites excluding steroid dienone is 1. The van der Waals surface area contributed by atoms with Gasteiger partial charge in [-0.25, -0.2) is 0 Å². The van der Waals surface area contributed by atoms with Gasteiger partial charge in [-0.1, -0.05) is 65.5 Å². The molecule has 0 bridgehead atoms. The minimum Gasteiger partial charge on any atom is -0.393 e. The zero-order valence-electron chi connectivity index (χ0n) is 19.3. The molecule has 6 unspecified atom stereocenters. The highest BCUT2D eigenvalue weighted by Crippen LogP contribution is 2.67. The molecule has 0 spiro atoms. The van der Waals surface area contributed by atoms with Crippen LogP contribution < -0.4 is 0 Å². The molecule has 28 heavy (non-hydrogen) atoms. The topological polar surface area (TPSA) is 20.2 Å². The van der Waals surface area contributed by atoms with Crippen molar-refractivity contribution in [3.8, 4) is 0 Å². The summed E-state index contributed by atoms with van der Waals surface area (Å²) in [7, 11) is 0. The first-order valence-corrected chi connectivity index (χ1v) is 12.6. The SMILES string of the molecule is CC(C)CCCC(C)[C@H]1CCC2C3CC=C4C[C@@H](O)CCC4(C)C3CCC21C. The molecule has 3 saturated carbocycles. The molecule has 160 valence electrons. The molecule has 4 aliphatic carbocycles. The van der Waals surface area contributed by atoms with Crippen LogP contribution >= 0.6 is 0 Å². The van der Waals surface area contributed by atoms with E-state index in [1.165, 1.54) is 57.8 Å². The average molecular weight is 387 g/mol. The minimum absolute atomic E-state index is 0.0766. The second kappa shape index (κ2) is 7.75. The molecule has 8 atom stereocenters. The molecular weight excluding hydrogens is 340 g/mol. The van der Waals surface area contributed by atoms with Crippen molar-refractivity contribution in [3.05, 3.63) is 11.6 Å². The molecule has 0 aromatic carbocycles. The first-order chi connectivity index (χ1) is 13.3. The lowest BCUT2D eigenvalue weighted by molar-refractivity contribution is -0.0573. The number of rotatable bonds is 5. The van der Waals surface area contributed by atoms with Crippen LogP contribution in [0, 0.1) is 46.3 Å². The van der Waals surface area contributed by atoms with Crippen LogP contribution in [-0.4, -0.2) is 11.2 Å². The van der Waals surface area contributed by atoms with Crippen LogP contribution in [0.4, 0.5) is 0 Å². The molecule has 0 aliphatic heterocycles. The summed E-state index contributed by atoms with van der Waals surface area (Å²) in [6.07, 6.45) is 17.2. The van der Waals surface area contributed by atoms with Gasteiger partial charge in [0.1, 0.15) is 0 Å². The molecule has 4 rings (SSSR count). The quantitative estimate of drug-likeness (QED) is 0.488. The Morgan fingerprint density at radius 1 is 1.00 bits per heavy atom. The van der Waals surface area contributed by atoms with E-state index in [1.54, 1.807) is 5.57 Å². The maximum atomic E-state index is 10.2. The summed E-state index contributed by atoms with van der Waals surface area (Å²) in [5, 5.41) is 10.2. The Kier molecular flexibility index (Phi) is 5.80. The van der Waals surface area contributed by atoms with Crippen molar-refractivity contribution in [3.63, 3.8) is 0 Å². The first kappa shape index (κ1) is 21.0. The standard InChI is InChI=1S/C27H46O/c1-18(2)7-6-8-19(3)23-11-12-24-22-10-9-20-17-21(28)13-15-26(20,4)25(22)14-16-27(23,24)5/h9,18-19,21-25,28H,6-8,10-17H2,1-5H3/t19?,21-,22?,23+,24?,25?,26?,27?/m0/s1. The molecule has 3 fully saturated rings. The lowest BCUT2D eigenvalue weighted by Gasteiger charge is -2.58. The zero-order chi connectivity index (χ0) is 20.1. The Labute approximate surface area is 174 Å². The largest absolute Gasteiger partial charge is 0.393 e. The van der Waals surface area contributed by atoms with Gasteiger partial charge in [0.05, 0.1) is 6.10 Å². The maximum Gasteiger partial charge on any atom is 0.0577 e. The Hall–Kier alpha value is -0.300.